The summed E-state index contributed by atoms with van der Waals surface area (Å²) in [7, 11) is 0. The summed E-state index contributed by atoms with van der Waals surface area (Å²) in [6, 6.07) is 7.71. The Hall–Kier alpha value is -1.85. The minimum atomic E-state index is -0.0719. The first-order valence-electron chi connectivity index (χ1n) is 8.39. The monoisotopic (exact) mass is 346 g/mol. The number of benzene rings is 1. The van der Waals surface area contributed by atoms with Crippen LogP contribution in [0.4, 0.5) is 0 Å². The van der Waals surface area contributed by atoms with Crippen LogP contribution in [-0.4, -0.2) is 33.8 Å². The highest BCUT2D eigenvalue weighted by molar-refractivity contribution is 6.31. The van der Waals surface area contributed by atoms with Crippen molar-refractivity contribution in [3.8, 4) is 0 Å². The number of hydrogen-bond donors (Lipinski definition) is 1. The Labute approximate surface area is 147 Å². The molecule has 1 aromatic heterocycles. The fourth-order valence-electron chi connectivity index (χ4n) is 3.17. The van der Waals surface area contributed by atoms with Gasteiger partial charge in [-0.3, -0.25) is 14.9 Å². The molecule has 2 aromatic rings. The maximum atomic E-state index is 12.7. The average Bonchev–Trinajstić information content (AvgIpc) is 2.84. The second kappa shape index (κ2) is 7.36. The fraction of sp³-hybridized carbons (Fsp3) is 0.444. The molecule has 3 rings (SSSR count). The minimum Gasteiger partial charge on any atom is -0.285 e. The van der Waals surface area contributed by atoms with Gasteiger partial charge in [-0.05, 0) is 38.3 Å². The fourth-order valence-corrected chi connectivity index (χ4v) is 3.37. The SMILES string of the molecule is Cc1nn(Cc2ccccc2Cl)c(C)c1C(=O)NN1CCCCC1. The third-order valence-corrected chi connectivity index (χ3v) is 4.87. The second-order valence-corrected chi connectivity index (χ2v) is 6.69. The zero-order chi connectivity index (χ0) is 17.1. The van der Waals surface area contributed by atoms with Crippen molar-refractivity contribution < 1.29 is 4.79 Å². The number of rotatable bonds is 4. The first kappa shape index (κ1) is 17.0. The van der Waals surface area contributed by atoms with Crippen molar-refractivity contribution >= 4 is 17.5 Å². The van der Waals surface area contributed by atoms with E-state index in [1.54, 1.807) is 0 Å². The molecule has 0 spiro atoms. The summed E-state index contributed by atoms with van der Waals surface area (Å²) in [6.07, 6.45) is 3.49. The van der Waals surface area contributed by atoms with E-state index in [1.807, 2.05) is 47.8 Å². The Morgan fingerprint density at radius 1 is 1.21 bits per heavy atom. The number of aromatic nitrogens is 2. The largest absolute Gasteiger partial charge is 0.285 e. The van der Waals surface area contributed by atoms with Crippen molar-refractivity contribution in [2.24, 2.45) is 0 Å². The van der Waals surface area contributed by atoms with Gasteiger partial charge in [-0.1, -0.05) is 36.2 Å². The Balaban J connectivity index is 1.78. The van der Waals surface area contributed by atoms with Gasteiger partial charge in [0.05, 0.1) is 17.8 Å². The Morgan fingerprint density at radius 2 is 1.92 bits per heavy atom. The van der Waals surface area contributed by atoms with Gasteiger partial charge in [0, 0.05) is 23.8 Å². The molecule has 1 aliphatic heterocycles. The summed E-state index contributed by atoms with van der Waals surface area (Å²) in [6.45, 7) is 6.20. The van der Waals surface area contributed by atoms with Gasteiger partial charge in [-0.15, -0.1) is 0 Å². The highest BCUT2D eigenvalue weighted by Gasteiger charge is 2.21. The summed E-state index contributed by atoms with van der Waals surface area (Å²) in [5, 5.41) is 7.26. The molecular formula is C18H23ClN4O. The van der Waals surface area contributed by atoms with Crippen molar-refractivity contribution in [2.45, 2.75) is 39.7 Å². The number of carbonyl (C=O) groups excluding carboxylic acids is 1. The molecule has 1 aliphatic rings. The van der Waals surface area contributed by atoms with E-state index >= 15 is 0 Å². The third kappa shape index (κ3) is 3.62. The Bertz CT molecular complexity index is 735. The summed E-state index contributed by atoms with van der Waals surface area (Å²) >= 11 is 6.24. The van der Waals surface area contributed by atoms with Crippen molar-refractivity contribution in [3.63, 3.8) is 0 Å². The number of carbonyl (C=O) groups is 1. The van der Waals surface area contributed by atoms with Gasteiger partial charge in [0.2, 0.25) is 0 Å². The number of hydrazine groups is 1. The van der Waals surface area contributed by atoms with Crippen molar-refractivity contribution in [1.82, 2.24) is 20.2 Å². The van der Waals surface area contributed by atoms with Crippen LogP contribution >= 0.6 is 11.6 Å². The molecular weight excluding hydrogens is 324 g/mol. The number of nitrogens with one attached hydrogen (secondary N) is 1. The van der Waals surface area contributed by atoms with Crippen LogP contribution in [-0.2, 0) is 6.54 Å². The van der Waals surface area contributed by atoms with E-state index in [9.17, 15) is 4.79 Å². The van der Waals surface area contributed by atoms with E-state index < -0.39 is 0 Å². The summed E-state index contributed by atoms with van der Waals surface area (Å²) in [5.41, 5.74) is 6.28. The third-order valence-electron chi connectivity index (χ3n) is 4.50. The van der Waals surface area contributed by atoms with E-state index in [1.165, 1.54) is 6.42 Å². The zero-order valence-electron chi connectivity index (χ0n) is 14.2. The predicted molar refractivity (Wildman–Crippen MR) is 95.1 cm³/mol. The number of nitrogens with zero attached hydrogens (tertiary/aromatic N) is 3. The molecule has 1 N–H and O–H groups in total. The molecule has 5 nitrogen and oxygen atoms in total. The molecule has 0 atom stereocenters. The lowest BCUT2D eigenvalue weighted by Gasteiger charge is -2.26. The highest BCUT2D eigenvalue weighted by Crippen LogP contribution is 2.19. The molecule has 0 saturated carbocycles. The molecule has 24 heavy (non-hydrogen) atoms. The van der Waals surface area contributed by atoms with Crippen LogP contribution in [0, 0.1) is 13.8 Å². The van der Waals surface area contributed by atoms with Gasteiger partial charge in [-0.25, -0.2) is 5.01 Å². The lowest BCUT2D eigenvalue weighted by molar-refractivity contribution is 0.0748. The van der Waals surface area contributed by atoms with Crippen LogP contribution in [0.5, 0.6) is 0 Å². The standard InChI is InChI=1S/C18H23ClN4O/c1-13-17(18(24)21-22-10-6-3-7-11-22)14(2)23(20-13)12-15-8-4-5-9-16(15)19/h4-5,8-9H,3,6-7,10-12H2,1-2H3,(H,21,24). The van der Waals surface area contributed by atoms with Crippen molar-refractivity contribution in [3.05, 3.63) is 51.8 Å². The quantitative estimate of drug-likeness (QED) is 0.923. The molecule has 2 heterocycles. The lowest BCUT2D eigenvalue weighted by atomic mass is 10.1. The molecule has 0 aliphatic carbocycles. The predicted octanol–water partition coefficient (Wildman–Crippen LogP) is 3.33. The van der Waals surface area contributed by atoms with Crippen molar-refractivity contribution in [2.75, 3.05) is 13.1 Å². The summed E-state index contributed by atoms with van der Waals surface area (Å²) in [5.74, 6) is -0.0719. The van der Waals surface area contributed by atoms with Gasteiger partial charge in [0.25, 0.3) is 5.91 Å². The molecule has 1 fully saturated rings. The van der Waals surface area contributed by atoms with Crippen LogP contribution in [0.3, 0.4) is 0 Å². The first-order valence-corrected chi connectivity index (χ1v) is 8.77. The molecule has 128 valence electrons. The number of piperidine rings is 1. The van der Waals surface area contributed by atoms with E-state index in [0.29, 0.717) is 17.1 Å². The van der Waals surface area contributed by atoms with Gasteiger partial charge < -0.3 is 0 Å². The highest BCUT2D eigenvalue weighted by atomic mass is 35.5. The Morgan fingerprint density at radius 3 is 2.62 bits per heavy atom. The van der Waals surface area contributed by atoms with E-state index in [4.69, 9.17) is 11.6 Å². The molecule has 0 bridgehead atoms. The molecule has 1 amide bonds. The summed E-state index contributed by atoms with van der Waals surface area (Å²) < 4.78 is 1.85. The van der Waals surface area contributed by atoms with Crippen LogP contribution in [0.1, 0.15) is 46.6 Å². The minimum absolute atomic E-state index is 0.0719. The number of halogens is 1. The number of amides is 1. The van der Waals surface area contributed by atoms with E-state index in [-0.39, 0.29) is 5.91 Å². The number of hydrogen-bond acceptors (Lipinski definition) is 3. The van der Waals surface area contributed by atoms with Gasteiger partial charge in [-0.2, -0.15) is 5.10 Å². The Kier molecular flexibility index (Phi) is 5.21. The molecule has 1 aromatic carbocycles. The topological polar surface area (TPSA) is 50.2 Å². The second-order valence-electron chi connectivity index (χ2n) is 6.28. The summed E-state index contributed by atoms with van der Waals surface area (Å²) in [4.78, 5) is 12.7. The van der Waals surface area contributed by atoms with Crippen LogP contribution in [0.15, 0.2) is 24.3 Å². The average molecular weight is 347 g/mol. The van der Waals surface area contributed by atoms with Crippen LogP contribution in [0.2, 0.25) is 5.02 Å². The zero-order valence-corrected chi connectivity index (χ0v) is 14.9. The van der Waals surface area contributed by atoms with Crippen LogP contribution in [0.25, 0.3) is 0 Å². The maximum Gasteiger partial charge on any atom is 0.269 e. The van der Waals surface area contributed by atoms with Crippen molar-refractivity contribution in [1.29, 1.82) is 0 Å². The van der Waals surface area contributed by atoms with Gasteiger partial charge in [0.15, 0.2) is 0 Å². The molecule has 0 unspecified atom stereocenters. The lowest BCUT2D eigenvalue weighted by Crippen LogP contribution is -2.45. The normalized spacial score (nSPS) is 15.5. The number of aryl methyl sites for hydroxylation is 1. The smallest absolute Gasteiger partial charge is 0.269 e. The van der Waals surface area contributed by atoms with Gasteiger partial charge in [0.1, 0.15) is 0 Å². The molecule has 1 saturated heterocycles. The van der Waals surface area contributed by atoms with E-state index in [0.717, 1.165) is 42.9 Å². The molecule has 0 radical (unpaired) electrons. The van der Waals surface area contributed by atoms with Gasteiger partial charge >= 0.3 is 0 Å². The van der Waals surface area contributed by atoms with Crippen LogP contribution < -0.4 is 5.43 Å². The van der Waals surface area contributed by atoms with E-state index in [2.05, 4.69) is 10.5 Å². The maximum absolute atomic E-state index is 12.7. The first-order chi connectivity index (χ1) is 11.6. The molecule has 6 heteroatoms.